The van der Waals surface area contributed by atoms with E-state index in [4.69, 9.17) is 9.73 Å². The summed E-state index contributed by atoms with van der Waals surface area (Å²) in [6, 6.07) is 18.4. The number of carbonyl (C=O) groups is 1. The molecule has 24 heavy (non-hydrogen) atoms. The van der Waals surface area contributed by atoms with Gasteiger partial charge in [-0.1, -0.05) is 48.5 Å². The number of benzene rings is 2. The second-order valence-electron chi connectivity index (χ2n) is 5.85. The molecule has 2 aromatic carbocycles. The van der Waals surface area contributed by atoms with Crippen LogP contribution >= 0.6 is 0 Å². The molecule has 124 valence electrons. The normalized spacial score (nSPS) is 16.8. The Balaban J connectivity index is 1.99. The number of para-hydroxylation sites is 1. The molecule has 0 fully saturated rings. The minimum atomic E-state index is -0.176. The average Bonchev–Trinajstić information content (AvgIpc) is 2.74. The zero-order chi connectivity index (χ0) is 16.9. The van der Waals surface area contributed by atoms with Crippen LogP contribution in [-0.2, 0) is 9.53 Å². The summed E-state index contributed by atoms with van der Waals surface area (Å²) < 4.78 is 5.12. The molecule has 0 aliphatic carbocycles. The second-order valence-corrected chi connectivity index (χ2v) is 5.85. The molecule has 1 heterocycles. The van der Waals surface area contributed by atoms with Gasteiger partial charge in [0.1, 0.15) is 0 Å². The molecular formula is C20H22N2O2. The number of hydrogen-bond donors (Lipinski definition) is 0. The topological polar surface area (TPSA) is 41.9 Å². The predicted octanol–water partition coefficient (Wildman–Crippen LogP) is 3.30. The number of esters is 1. The Morgan fingerprint density at radius 2 is 1.88 bits per heavy atom. The van der Waals surface area contributed by atoms with E-state index >= 15 is 0 Å². The zero-order valence-corrected chi connectivity index (χ0v) is 14.1. The van der Waals surface area contributed by atoms with E-state index in [9.17, 15) is 4.79 Å². The maximum absolute atomic E-state index is 11.9. The molecule has 0 saturated carbocycles. The summed E-state index contributed by atoms with van der Waals surface area (Å²) in [4.78, 5) is 18.9. The molecule has 1 aliphatic rings. The molecule has 0 N–H and O–H groups in total. The van der Waals surface area contributed by atoms with Crippen LogP contribution in [0.25, 0.3) is 0 Å². The van der Waals surface area contributed by atoms with Crippen LogP contribution in [-0.4, -0.2) is 37.9 Å². The first-order valence-corrected chi connectivity index (χ1v) is 8.28. The number of rotatable bonds is 4. The molecule has 0 amide bonds. The molecule has 0 aromatic heterocycles. The maximum atomic E-state index is 11.9. The van der Waals surface area contributed by atoms with Crippen LogP contribution in [0.1, 0.15) is 24.5 Å². The summed E-state index contributed by atoms with van der Waals surface area (Å²) in [5.74, 6) is -0.176. The Morgan fingerprint density at radius 3 is 2.62 bits per heavy atom. The van der Waals surface area contributed by atoms with E-state index in [1.165, 1.54) is 0 Å². The van der Waals surface area contributed by atoms with Crippen LogP contribution in [0.2, 0.25) is 0 Å². The number of benzodiazepines with no additional fused rings is 1. The Labute approximate surface area is 142 Å². The molecule has 2 aromatic rings. The SMILES string of the molecule is CCOC(=O)CC1CN=C(c2ccccc2)c2ccccc2N1C. The molecule has 0 saturated heterocycles. The Kier molecular flexibility index (Phi) is 4.94. The number of likely N-dealkylation sites (N-methyl/N-ethyl adjacent to an activating group) is 1. The van der Waals surface area contributed by atoms with E-state index in [0.29, 0.717) is 19.6 Å². The van der Waals surface area contributed by atoms with Crippen LogP contribution in [0.4, 0.5) is 5.69 Å². The van der Waals surface area contributed by atoms with E-state index < -0.39 is 0 Å². The van der Waals surface area contributed by atoms with Gasteiger partial charge in [-0.25, -0.2) is 0 Å². The van der Waals surface area contributed by atoms with Crippen LogP contribution in [0.3, 0.4) is 0 Å². The number of hydrogen-bond acceptors (Lipinski definition) is 4. The number of anilines is 1. The lowest BCUT2D eigenvalue weighted by atomic mass is 10.0. The molecule has 0 spiro atoms. The minimum Gasteiger partial charge on any atom is -0.466 e. The van der Waals surface area contributed by atoms with Crippen molar-refractivity contribution < 1.29 is 9.53 Å². The van der Waals surface area contributed by atoms with Crippen molar-refractivity contribution in [3.05, 3.63) is 65.7 Å². The van der Waals surface area contributed by atoms with E-state index in [1.807, 2.05) is 44.3 Å². The van der Waals surface area contributed by atoms with Gasteiger partial charge in [-0.2, -0.15) is 0 Å². The van der Waals surface area contributed by atoms with Crippen molar-refractivity contribution in [2.45, 2.75) is 19.4 Å². The molecule has 0 bridgehead atoms. The van der Waals surface area contributed by atoms with Gasteiger partial charge >= 0.3 is 5.97 Å². The lowest BCUT2D eigenvalue weighted by molar-refractivity contribution is -0.143. The Bertz CT molecular complexity index is 740. The number of ether oxygens (including phenoxy) is 1. The summed E-state index contributed by atoms with van der Waals surface area (Å²) in [6.07, 6.45) is 0.338. The fourth-order valence-corrected chi connectivity index (χ4v) is 3.04. The fraction of sp³-hybridized carbons (Fsp3) is 0.300. The molecule has 4 heteroatoms. The van der Waals surface area contributed by atoms with E-state index in [1.54, 1.807) is 0 Å². The van der Waals surface area contributed by atoms with Gasteiger partial charge in [0.2, 0.25) is 0 Å². The van der Waals surface area contributed by atoms with E-state index in [-0.39, 0.29) is 12.0 Å². The first-order chi connectivity index (χ1) is 11.7. The maximum Gasteiger partial charge on any atom is 0.307 e. The number of nitrogens with zero attached hydrogens (tertiary/aromatic N) is 2. The summed E-state index contributed by atoms with van der Waals surface area (Å²) in [5, 5.41) is 0. The smallest absolute Gasteiger partial charge is 0.307 e. The summed E-state index contributed by atoms with van der Waals surface area (Å²) in [5.41, 5.74) is 4.25. The number of carbonyl (C=O) groups excluding carboxylic acids is 1. The van der Waals surface area contributed by atoms with Crippen molar-refractivity contribution in [3.8, 4) is 0 Å². The largest absolute Gasteiger partial charge is 0.466 e. The molecule has 1 unspecified atom stereocenters. The third-order valence-corrected chi connectivity index (χ3v) is 4.30. The number of fused-ring (bicyclic) bond motifs is 1. The molecule has 0 radical (unpaired) electrons. The van der Waals surface area contributed by atoms with Crippen molar-refractivity contribution in [2.24, 2.45) is 4.99 Å². The van der Waals surface area contributed by atoms with Crippen LogP contribution in [0.15, 0.2) is 59.6 Å². The molecule has 4 nitrogen and oxygen atoms in total. The van der Waals surface area contributed by atoms with Crippen molar-refractivity contribution >= 4 is 17.4 Å². The monoisotopic (exact) mass is 322 g/mol. The summed E-state index contributed by atoms with van der Waals surface area (Å²) in [6.45, 7) is 2.80. The quantitative estimate of drug-likeness (QED) is 0.811. The molecule has 1 atom stereocenters. The second kappa shape index (κ2) is 7.30. The van der Waals surface area contributed by atoms with Crippen molar-refractivity contribution in [2.75, 3.05) is 25.1 Å². The lowest BCUT2D eigenvalue weighted by Crippen LogP contribution is -2.36. The lowest BCUT2D eigenvalue weighted by Gasteiger charge is -2.28. The Hall–Kier alpha value is -2.62. The van der Waals surface area contributed by atoms with Crippen LogP contribution < -0.4 is 4.90 Å². The van der Waals surface area contributed by atoms with Gasteiger partial charge < -0.3 is 9.64 Å². The first kappa shape index (κ1) is 16.2. The van der Waals surface area contributed by atoms with Gasteiger partial charge in [0.25, 0.3) is 0 Å². The highest BCUT2D eigenvalue weighted by molar-refractivity contribution is 6.16. The molecule has 1 aliphatic heterocycles. The Morgan fingerprint density at radius 1 is 1.17 bits per heavy atom. The number of aliphatic imine (C=N–C) groups is 1. The minimum absolute atomic E-state index is 0.00795. The first-order valence-electron chi connectivity index (χ1n) is 8.28. The zero-order valence-electron chi connectivity index (χ0n) is 14.1. The molecular weight excluding hydrogens is 300 g/mol. The van der Waals surface area contributed by atoms with Gasteiger partial charge in [-0.05, 0) is 13.0 Å². The predicted molar refractivity (Wildman–Crippen MR) is 96.8 cm³/mol. The van der Waals surface area contributed by atoms with Gasteiger partial charge in [0, 0.05) is 23.9 Å². The van der Waals surface area contributed by atoms with Crippen molar-refractivity contribution in [1.82, 2.24) is 0 Å². The standard InChI is InChI=1S/C20H22N2O2/c1-3-24-19(23)13-16-14-21-20(15-9-5-4-6-10-15)17-11-7-8-12-18(17)22(16)2/h4-12,16H,3,13-14H2,1-2H3. The van der Waals surface area contributed by atoms with Crippen LogP contribution in [0.5, 0.6) is 0 Å². The average molecular weight is 322 g/mol. The fourth-order valence-electron chi connectivity index (χ4n) is 3.04. The summed E-state index contributed by atoms with van der Waals surface area (Å²) >= 11 is 0. The molecule has 3 rings (SSSR count). The summed E-state index contributed by atoms with van der Waals surface area (Å²) in [7, 11) is 2.02. The van der Waals surface area contributed by atoms with Crippen molar-refractivity contribution in [3.63, 3.8) is 0 Å². The van der Waals surface area contributed by atoms with E-state index in [2.05, 4.69) is 29.2 Å². The van der Waals surface area contributed by atoms with Crippen LogP contribution in [0, 0.1) is 0 Å². The van der Waals surface area contributed by atoms with E-state index in [0.717, 1.165) is 22.5 Å². The van der Waals surface area contributed by atoms with Gasteiger partial charge in [0.15, 0.2) is 0 Å². The van der Waals surface area contributed by atoms with Gasteiger partial charge in [-0.3, -0.25) is 9.79 Å². The highest BCUT2D eigenvalue weighted by atomic mass is 16.5. The third-order valence-electron chi connectivity index (χ3n) is 4.30. The van der Waals surface area contributed by atoms with Crippen molar-refractivity contribution in [1.29, 1.82) is 0 Å². The van der Waals surface area contributed by atoms with Gasteiger partial charge in [-0.15, -0.1) is 0 Å². The third kappa shape index (κ3) is 3.32. The highest BCUT2D eigenvalue weighted by Crippen LogP contribution is 2.28. The van der Waals surface area contributed by atoms with Gasteiger partial charge in [0.05, 0.1) is 31.3 Å². The highest BCUT2D eigenvalue weighted by Gasteiger charge is 2.26.